The van der Waals surface area contributed by atoms with Crippen LogP contribution in [-0.2, 0) is 13.6 Å². The summed E-state index contributed by atoms with van der Waals surface area (Å²) in [5.74, 6) is 0.507. The standard InChI is InChI=1S/C17H20N3O3P/c1-19(2)24(21-13-14-22-24)20(16-11-7-4-8-12-16)18-17(23-24)15-9-5-3-6-10-15/h3-12H,13-14H2,1-2H3. The second kappa shape index (κ2) is 5.53. The Morgan fingerprint density at radius 3 is 2.08 bits per heavy atom. The van der Waals surface area contributed by atoms with Crippen molar-refractivity contribution in [3.8, 4) is 0 Å². The van der Waals surface area contributed by atoms with E-state index in [1.807, 2.05) is 79.4 Å². The minimum absolute atomic E-state index is 0.469. The Bertz CT molecular complexity index is 761. The van der Waals surface area contributed by atoms with Gasteiger partial charge in [0.05, 0.1) is 0 Å². The van der Waals surface area contributed by atoms with Crippen molar-refractivity contribution in [2.45, 2.75) is 0 Å². The Hall–Kier alpha value is -1.98. The monoisotopic (exact) mass is 345 g/mol. The van der Waals surface area contributed by atoms with Crippen molar-refractivity contribution in [3.05, 3.63) is 66.2 Å². The van der Waals surface area contributed by atoms with E-state index >= 15 is 0 Å². The number of rotatable bonds is 3. The average Bonchev–Trinajstić information content (AvgIpc) is 3.22. The molecule has 0 aromatic heterocycles. The molecule has 0 bridgehead atoms. The fourth-order valence-corrected chi connectivity index (χ4v) is 6.34. The number of benzene rings is 2. The summed E-state index contributed by atoms with van der Waals surface area (Å²) in [5, 5.41) is 4.75. The number of hydrogen-bond donors (Lipinski definition) is 0. The van der Waals surface area contributed by atoms with Gasteiger partial charge in [0.15, 0.2) is 0 Å². The van der Waals surface area contributed by atoms with Crippen molar-refractivity contribution in [1.29, 1.82) is 0 Å². The van der Waals surface area contributed by atoms with Gasteiger partial charge in [0.1, 0.15) is 0 Å². The first kappa shape index (κ1) is 15.5. The predicted octanol–water partition coefficient (Wildman–Crippen LogP) is 3.62. The summed E-state index contributed by atoms with van der Waals surface area (Å²) in [6.45, 7) is 0.938. The van der Waals surface area contributed by atoms with Crippen LogP contribution in [-0.4, -0.2) is 37.9 Å². The number of hydrogen-bond acceptors (Lipinski definition) is 6. The van der Waals surface area contributed by atoms with E-state index in [0.29, 0.717) is 19.1 Å². The molecule has 1 spiro atoms. The van der Waals surface area contributed by atoms with E-state index in [1.165, 1.54) is 0 Å². The molecular weight excluding hydrogens is 325 g/mol. The van der Waals surface area contributed by atoms with Crippen LogP contribution in [0.4, 0.5) is 5.69 Å². The molecule has 1 saturated heterocycles. The zero-order valence-corrected chi connectivity index (χ0v) is 14.6. The molecule has 1 fully saturated rings. The number of para-hydroxylation sites is 1. The van der Waals surface area contributed by atoms with Gasteiger partial charge in [-0.25, -0.2) is 0 Å². The second-order valence-electron chi connectivity index (χ2n) is 5.80. The summed E-state index contributed by atoms with van der Waals surface area (Å²) in [5.41, 5.74) is 1.76. The molecule has 2 aliphatic heterocycles. The predicted molar refractivity (Wildman–Crippen MR) is 95.5 cm³/mol. The van der Waals surface area contributed by atoms with Gasteiger partial charge in [0, 0.05) is 0 Å². The van der Waals surface area contributed by atoms with E-state index in [-0.39, 0.29) is 0 Å². The van der Waals surface area contributed by atoms with Gasteiger partial charge in [-0.3, -0.25) is 0 Å². The van der Waals surface area contributed by atoms with Crippen molar-refractivity contribution < 1.29 is 13.6 Å². The van der Waals surface area contributed by atoms with Crippen LogP contribution in [0.25, 0.3) is 0 Å². The van der Waals surface area contributed by atoms with Crippen LogP contribution in [0.3, 0.4) is 0 Å². The van der Waals surface area contributed by atoms with E-state index in [0.717, 1.165) is 11.3 Å². The van der Waals surface area contributed by atoms with Gasteiger partial charge < -0.3 is 0 Å². The fraction of sp³-hybridized carbons (Fsp3) is 0.235. The van der Waals surface area contributed by atoms with Crippen LogP contribution < -0.4 is 4.78 Å². The van der Waals surface area contributed by atoms with Crippen LogP contribution in [0.2, 0.25) is 0 Å². The molecule has 4 rings (SSSR count). The molecule has 7 heteroatoms. The van der Waals surface area contributed by atoms with Crippen LogP contribution in [0.15, 0.2) is 65.8 Å². The van der Waals surface area contributed by atoms with Crippen LogP contribution >= 0.6 is 7.59 Å². The Labute approximate surface area is 141 Å². The Morgan fingerprint density at radius 2 is 1.50 bits per heavy atom. The molecule has 126 valence electrons. The molecule has 0 N–H and O–H groups in total. The Kier molecular flexibility index (Phi) is 3.58. The van der Waals surface area contributed by atoms with E-state index in [9.17, 15) is 0 Å². The molecule has 0 amide bonds. The van der Waals surface area contributed by atoms with Crippen molar-refractivity contribution in [2.75, 3.05) is 32.1 Å². The first-order chi connectivity index (χ1) is 11.6. The molecule has 6 nitrogen and oxygen atoms in total. The van der Waals surface area contributed by atoms with E-state index in [1.54, 1.807) is 4.78 Å². The van der Waals surface area contributed by atoms with Gasteiger partial charge in [-0.15, -0.1) is 0 Å². The zero-order chi connectivity index (χ0) is 16.6. The number of anilines is 1. The van der Waals surface area contributed by atoms with Crippen LogP contribution in [0.1, 0.15) is 5.56 Å². The normalized spacial score (nSPS) is 22.9. The molecular formula is C17H20N3O3P. The maximum absolute atomic E-state index is 6.40. The molecule has 2 aromatic carbocycles. The van der Waals surface area contributed by atoms with Gasteiger partial charge in [0.2, 0.25) is 0 Å². The van der Waals surface area contributed by atoms with Crippen molar-refractivity contribution in [1.82, 2.24) is 4.67 Å². The van der Waals surface area contributed by atoms with Gasteiger partial charge in [-0.1, -0.05) is 0 Å². The first-order valence-corrected chi connectivity index (χ1v) is 9.74. The molecule has 0 aliphatic carbocycles. The minimum atomic E-state index is -3.75. The van der Waals surface area contributed by atoms with E-state index in [2.05, 4.69) is 0 Å². The van der Waals surface area contributed by atoms with Crippen molar-refractivity contribution in [2.24, 2.45) is 5.10 Å². The number of hydrazone groups is 1. The van der Waals surface area contributed by atoms with E-state index in [4.69, 9.17) is 18.7 Å². The molecule has 0 atom stereocenters. The Morgan fingerprint density at radius 1 is 0.917 bits per heavy atom. The van der Waals surface area contributed by atoms with Gasteiger partial charge in [0.25, 0.3) is 0 Å². The summed E-state index contributed by atoms with van der Waals surface area (Å²) in [4.78, 5) is 0. The fourth-order valence-electron chi connectivity index (χ4n) is 2.94. The Balaban J connectivity index is 1.88. The summed E-state index contributed by atoms with van der Waals surface area (Å²) in [6.07, 6.45) is 0. The number of nitrogens with zero attached hydrogens (tertiary/aromatic N) is 3. The molecule has 24 heavy (non-hydrogen) atoms. The average molecular weight is 345 g/mol. The molecule has 2 aliphatic rings. The summed E-state index contributed by atoms with van der Waals surface area (Å²) >= 11 is 0. The third-order valence-electron chi connectivity index (χ3n) is 4.13. The van der Waals surface area contributed by atoms with Gasteiger partial charge in [-0.2, -0.15) is 0 Å². The van der Waals surface area contributed by atoms with E-state index < -0.39 is 7.59 Å². The molecule has 2 aromatic rings. The second-order valence-corrected chi connectivity index (χ2v) is 9.29. The first-order valence-electron chi connectivity index (χ1n) is 7.84. The topological polar surface area (TPSA) is 46.5 Å². The zero-order valence-electron chi connectivity index (χ0n) is 13.7. The summed E-state index contributed by atoms with van der Waals surface area (Å²) in [6, 6.07) is 19.6. The van der Waals surface area contributed by atoms with Gasteiger partial charge in [-0.05, 0) is 0 Å². The quantitative estimate of drug-likeness (QED) is 0.795. The summed E-state index contributed by atoms with van der Waals surface area (Å²) in [7, 11) is 0.0645. The molecule has 0 unspecified atom stereocenters. The van der Waals surface area contributed by atoms with Gasteiger partial charge >= 0.3 is 141 Å². The third kappa shape index (κ3) is 2.08. The van der Waals surface area contributed by atoms with Crippen molar-refractivity contribution >= 4 is 19.2 Å². The third-order valence-corrected chi connectivity index (χ3v) is 8.15. The molecule has 2 heterocycles. The van der Waals surface area contributed by atoms with Crippen LogP contribution in [0.5, 0.6) is 0 Å². The molecule has 0 saturated carbocycles. The van der Waals surface area contributed by atoms with Crippen LogP contribution in [0, 0.1) is 0 Å². The molecule has 0 radical (unpaired) electrons. The summed E-state index contributed by atoms with van der Waals surface area (Å²) < 4.78 is 22.5. The maximum atomic E-state index is 6.40. The van der Waals surface area contributed by atoms with Crippen molar-refractivity contribution in [3.63, 3.8) is 0 Å². The SMILES string of the molecule is CN(C)P12(OCCO1)OC(c1ccccc1)=NN2c1ccccc1.